The van der Waals surface area contributed by atoms with Crippen molar-refractivity contribution in [1.82, 2.24) is 4.90 Å². The molecular formula is C16H21N7O2. The van der Waals surface area contributed by atoms with E-state index >= 15 is 0 Å². The van der Waals surface area contributed by atoms with Gasteiger partial charge in [-0.05, 0) is 59.5 Å². The number of azide groups is 2. The van der Waals surface area contributed by atoms with E-state index in [1.54, 1.807) is 17.0 Å². The van der Waals surface area contributed by atoms with Gasteiger partial charge in [-0.2, -0.15) is 0 Å². The Balaban J connectivity index is 2.22. The summed E-state index contributed by atoms with van der Waals surface area (Å²) in [7, 11) is 0. The van der Waals surface area contributed by atoms with Crippen molar-refractivity contribution in [2.45, 2.75) is 32.7 Å². The predicted molar refractivity (Wildman–Crippen MR) is 93.0 cm³/mol. The van der Waals surface area contributed by atoms with Crippen LogP contribution in [-0.2, 0) is 6.54 Å². The standard InChI is InChI=1S/C16H21N7O2/c1-2-16(11-24)3-5-23(6-4-16)15(25)13-7-12(10-19-21-17)8-14(9-13)20-22-18/h7-9,24H,2-6,10-11H2,1H3. The number of hydrogen-bond donors (Lipinski definition) is 1. The van der Waals surface area contributed by atoms with E-state index in [1.165, 1.54) is 6.07 Å². The zero-order valence-corrected chi connectivity index (χ0v) is 14.2. The Kier molecular flexibility index (Phi) is 6.25. The molecular weight excluding hydrogens is 322 g/mol. The molecule has 1 amide bonds. The van der Waals surface area contributed by atoms with Crippen molar-refractivity contribution in [1.29, 1.82) is 0 Å². The Morgan fingerprint density at radius 3 is 2.56 bits per heavy atom. The number of likely N-dealkylation sites (tertiary alicyclic amines) is 1. The van der Waals surface area contributed by atoms with E-state index in [4.69, 9.17) is 11.1 Å². The van der Waals surface area contributed by atoms with Gasteiger partial charge >= 0.3 is 0 Å². The number of piperidine rings is 1. The first-order chi connectivity index (χ1) is 12.1. The van der Waals surface area contributed by atoms with Gasteiger partial charge in [0.05, 0.1) is 6.54 Å². The molecule has 1 aromatic carbocycles. The van der Waals surface area contributed by atoms with Crippen molar-refractivity contribution in [2.75, 3.05) is 19.7 Å². The molecule has 9 heteroatoms. The van der Waals surface area contributed by atoms with Gasteiger partial charge < -0.3 is 10.0 Å². The highest BCUT2D eigenvalue weighted by molar-refractivity contribution is 5.95. The number of nitrogens with zero attached hydrogens (tertiary/aromatic N) is 7. The smallest absolute Gasteiger partial charge is 0.253 e. The molecule has 2 rings (SSSR count). The lowest BCUT2D eigenvalue weighted by Gasteiger charge is -2.40. The van der Waals surface area contributed by atoms with Gasteiger partial charge in [0.1, 0.15) is 0 Å². The summed E-state index contributed by atoms with van der Waals surface area (Å²) in [5.41, 5.74) is 18.3. The van der Waals surface area contributed by atoms with Crippen molar-refractivity contribution >= 4 is 11.6 Å². The van der Waals surface area contributed by atoms with Gasteiger partial charge in [-0.3, -0.25) is 4.79 Å². The van der Waals surface area contributed by atoms with Crippen LogP contribution < -0.4 is 0 Å². The summed E-state index contributed by atoms with van der Waals surface area (Å²) < 4.78 is 0. The molecule has 0 unspecified atom stereocenters. The molecule has 1 saturated heterocycles. The number of aliphatic hydroxyl groups excluding tert-OH is 1. The van der Waals surface area contributed by atoms with Crippen LogP contribution in [0.1, 0.15) is 42.1 Å². The second-order valence-corrected chi connectivity index (χ2v) is 6.27. The van der Waals surface area contributed by atoms with E-state index in [0.29, 0.717) is 29.9 Å². The van der Waals surface area contributed by atoms with E-state index in [0.717, 1.165) is 19.3 Å². The maximum atomic E-state index is 12.8. The first-order valence-corrected chi connectivity index (χ1v) is 8.17. The molecule has 0 aromatic heterocycles. The molecule has 0 aliphatic carbocycles. The largest absolute Gasteiger partial charge is 0.396 e. The molecule has 1 aromatic rings. The van der Waals surface area contributed by atoms with Crippen LogP contribution in [0.5, 0.6) is 0 Å². The molecule has 0 radical (unpaired) electrons. The van der Waals surface area contributed by atoms with E-state index in [1.807, 2.05) is 0 Å². The first kappa shape index (κ1) is 18.6. The van der Waals surface area contributed by atoms with Crippen LogP contribution in [0, 0.1) is 5.41 Å². The van der Waals surface area contributed by atoms with E-state index in [-0.39, 0.29) is 24.5 Å². The number of aliphatic hydroxyl groups is 1. The minimum atomic E-state index is -0.153. The fourth-order valence-electron chi connectivity index (χ4n) is 3.10. The zero-order chi connectivity index (χ0) is 18.3. The van der Waals surface area contributed by atoms with E-state index in [9.17, 15) is 9.90 Å². The van der Waals surface area contributed by atoms with Crippen LogP contribution in [0.3, 0.4) is 0 Å². The Morgan fingerprint density at radius 2 is 2.00 bits per heavy atom. The van der Waals surface area contributed by atoms with Gasteiger partial charge in [-0.1, -0.05) is 17.2 Å². The normalized spacial score (nSPS) is 15.8. The molecule has 0 saturated carbocycles. The first-order valence-electron chi connectivity index (χ1n) is 8.17. The molecule has 1 aliphatic heterocycles. The third-order valence-corrected chi connectivity index (χ3v) is 4.90. The third-order valence-electron chi connectivity index (χ3n) is 4.90. The van der Waals surface area contributed by atoms with Gasteiger partial charge in [0.15, 0.2) is 0 Å². The monoisotopic (exact) mass is 343 g/mol. The maximum absolute atomic E-state index is 12.8. The molecule has 1 N–H and O–H groups in total. The average molecular weight is 343 g/mol. The molecule has 1 aliphatic rings. The number of benzene rings is 1. The third kappa shape index (κ3) is 4.42. The lowest BCUT2D eigenvalue weighted by Crippen LogP contribution is -2.44. The van der Waals surface area contributed by atoms with Crippen molar-refractivity contribution < 1.29 is 9.90 Å². The van der Waals surface area contributed by atoms with Gasteiger partial charge in [-0.25, -0.2) is 0 Å². The van der Waals surface area contributed by atoms with Gasteiger partial charge in [-0.15, -0.1) is 0 Å². The summed E-state index contributed by atoms with van der Waals surface area (Å²) in [5, 5.41) is 16.7. The Hall–Kier alpha value is -2.73. The maximum Gasteiger partial charge on any atom is 0.253 e. The number of rotatable bonds is 6. The highest BCUT2D eigenvalue weighted by Crippen LogP contribution is 2.34. The van der Waals surface area contributed by atoms with Crippen molar-refractivity contribution in [3.63, 3.8) is 0 Å². The second-order valence-electron chi connectivity index (χ2n) is 6.27. The number of carbonyl (C=O) groups is 1. The summed E-state index contributed by atoms with van der Waals surface area (Å²) >= 11 is 0. The van der Waals surface area contributed by atoms with Crippen molar-refractivity contribution in [3.8, 4) is 0 Å². The fourth-order valence-corrected chi connectivity index (χ4v) is 3.10. The fraction of sp³-hybridized carbons (Fsp3) is 0.562. The summed E-state index contributed by atoms with van der Waals surface area (Å²) in [6.07, 6.45) is 2.40. The van der Waals surface area contributed by atoms with Gasteiger partial charge in [0.2, 0.25) is 0 Å². The lowest BCUT2D eigenvalue weighted by molar-refractivity contribution is 0.0338. The Morgan fingerprint density at radius 1 is 1.28 bits per heavy atom. The Labute approximate surface area is 145 Å². The lowest BCUT2D eigenvalue weighted by atomic mass is 9.77. The average Bonchev–Trinajstić information content (AvgIpc) is 2.66. The molecule has 132 valence electrons. The van der Waals surface area contributed by atoms with Crippen LogP contribution in [0.2, 0.25) is 0 Å². The Bertz CT molecular complexity index is 722. The second kappa shape index (κ2) is 8.39. The van der Waals surface area contributed by atoms with Crippen molar-refractivity contribution in [3.05, 3.63) is 50.2 Å². The summed E-state index contributed by atoms with van der Waals surface area (Å²) in [5.74, 6) is -0.153. The summed E-state index contributed by atoms with van der Waals surface area (Å²) in [6.45, 7) is 3.41. The van der Waals surface area contributed by atoms with Gasteiger partial charge in [0.25, 0.3) is 5.91 Å². The van der Waals surface area contributed by atoms with Gasteiger partial charge in [0, 0.05) is 40.8 Å². The number of hydrogen-bond acceptors (Lipinski definition) is 4. The van der Waals surface area contributed by atoms with Crippen LogP contribution in [0.4, 0.5) is 5.69 Å². The van der Waals surface area contributed by atoms with Crippen LogP contribution in [0.25, 0.3) is 20.9 Å². The number of carbonyl (C=O) groups excluding carboxylic acids is 1. The minimum Gasteiger partial charge on any atom is -0.396 e. The highest BCUT2D eigenvalue weighted by Gasteiger charge is 2.34. The molecule has 0 atom stereocenters. The molecule has 0 bridgehead atoms. The molecule has 9 nitrogen and oxygen atoms in total. The topological polar surface area (TPSA) is 138 Å². The molecule has 1 heterocycles. The highest BCUT2D eigenvalue weighted by atomic mass is 16.3. The molecule has 25 heavy (non-hydrogen) atoms. The summed E-state index contributed by atoms with van der Waals surface area (Å²) in [6, 6.07) is 4.78. The number of amides is 1. The minimum absolute atomic E-state index is 0.0784. The quantitative estimate of drug-likeness (QED) is 0.473. The van der Waals surface area contributed by atoms with Crippen LogP contribution in [0.15, 0.2) is 28.4 Å². The SMILES string of the molecule is CCC1(CO)CCN(C(=O)c2cc(CN=[N+]=[N-])cc(N=[N+]=[N-])c2)CC1. The van der Waals surface area contributed by atoms with Crippen molar-refractivity contribution in [2.24, 2.45) is 15.6 Å². The summed E-state index contributed by atoms with van der Waals surface area (Å²) in [4.78, 5) is 20.0. The molecule has 1 fully saturated rings. The zero-order valence-electron chi connectivity index (χ0n) is 14.2. The van der Waals surface area contributed by atoms with E-state index in [2.05, 4.69) is 27.0 Å². The van der Waals surface area contributed by atoms with Crippen LogP contribution in [-0.4, -0.2) is 35.6 Å². The predicted octanol–water partition coefficient (Wildman–Crippen LogP) is 4.06. The molecule has 0 spiro atoms. The van der Waals surface area contributed by atoms with Crippen LogP contribution >= 0.6 is 0 Å². The van der Waals surface area contributed by atoms with E-state index < -0.39 is 0 Å².